The Morgan fingerprint density at radius 1 is 0.700 bits per heavy atom. The molecule has 0 bridgehead atoms. The molecule has 0 N–H and O–H groups in total. The molecule has 0 nitrogen and oxygen atoms in total. The van der Waals surface area contributed by atoms with Crippen LogP contribution in [0.2, 0.25) is 0 Å². The van der Waals surface area contributed by atoms with Gasteiger partial charge in [-0.3, -0.25) is 0 Å². The minimum atomic E-state index is 0. The highest BCUT2D eigenvalue weighted by molar-refractivity contribution is 5.86. The topological polar surface area (TPSA) is 0 Å². The van der Waals surface area contributed by atoms with Gasteiger partial charge in [0.05, 0.1) is 0 Å². The van der Waals surface area contributed by atoms with Crippen molar-refractivity contribution in [3.8, 4) is 0 Å². The van der Waals surface area contributed by atoms with Crippen LogP contribution in [-0.2, 0) is 0 Å². The first-order valence-electron chi connectivity index (χ1n) is 2.91. The standard InChI is InChI=1S/C6H14.3ClH.H4Si/c1-3-5-6-4-2;;;;/h3-6H2,1-2H3;3*1H;1H4. The summed E-state index contributed by atoms with van der Waals surface area (Å²) in [6, 6.07) is 0. The van der Waals surface area contributed by atoms with Gasteiger partial charge in [0.15, 0.2) is 0 Å². The SMILES string of the molecule is CCCCCC.Cl.Cl.Cl.[SiH4]. The van der Waals surface area contributed by atoms with Crippen LogP contribution in [0, 0.1) is 0 Å². The lowest BCUT2D eigenvalue weighted by Crippen LogP contribution is -1.66. The largest absolute Gasteiger partial charge is 0.147 e. The smallest absolute Gasteiger partial charge is 0.0149 e. The van der Waals surface area contributed by atoms with Crippen molar-refractivity contribution in [3.05, 3.63) is 0 Å². The second kappa shape index (κ2) is 32.2. The number of hydrogen-bond donors (Lipinski definition) is 0. The fraction of sp³-hybridized carbons (Fsp3) is 1.00. The highest BCUT2D eigenvalue weighted by atomic mass is 35.5. The summed E-state index contributed by atoms with van der Waals surface area (Å²) in [7, 11) is 0. The maximum absolute atomic E-state index is 2.23. The Hall–Kier alpha value is 1.09. The molecule has 0 aliphatic carbocycles. The summed E-state index contributed by atoms with van der Waals surface area (Å²) in [5, 5.41) is 0. The molecule has 0 aromatic rings. The minimum absolute atomic E-state index is 0. The predicted molar refractivity (Wildman–Crippen MR) is 62.9 cm³/mol. The Morgan fingerprint density at radius 2 is 0.900 bits per heavy atom. The Balaban J connectivity index is -0.0000000208. The van der Waals surface area contributed by atoms with Gasteiger partial charge < -0.3 is 0 Å². The minimum Gasteiger partial charge on any atom is -0.147 e. The van der Waals surface area contributed by atoms with E-state index < -0.39 is 0 Å². The molecule has 0 aliphatic rings. The van der Waals surface area contributed by atoms with Crippen molar-refractivity contribution >= 4 is 48.2 Å². The van der Waals surface area contributed by atoms with E-state index in [1.54, 1.807) is 0 Å². The monoisotopic (exact) mass is 226 g/mol. The van der Waals surface area contributed by atoms with Crippen molar-refractivity contribution in [2.45, 2.75) is 39.5 Å². The zero-order valence-electron chi connectivity index (χ0n) is 6.05. The molecule has 0 heterocycles. The van der Waals surface area contributed by atoms with Crippen molar-refractivity contribution in [2.24, 2.45) is 0 Å². The zero-order chi connectivity index (χ0) is 4.83. The third-order valence-corrected chi connectivity index (χ3v) is 0.957. The lowest BCUT2D eigenvalue weighted by molar-refractivity contribution is 0.702. The first kappa shape index (κ1) is 30.4. The summed E-state index contributed by atoms with van der Waals surface area (Å²) in [6.07, 6.45) is 5.54. The van der Waals surface area contributed by atoms with Crippen LogP contribution in [0.15, 0.2) is 0 Å². The first-order valence-corrected chi connectivity index (χ1v) is 2.91. The normalized spacial score (nSPS) is 5.40. The Labute approximate surface area is 87.8 Å². The summed E-state index contributed by atoms with van der Waals surface area (Å²) >= 11 is 0. The van der Waals surface area contributed by atoms with E-state index in [2.05, 4.69) is 13.8 Å². The molecule has 0 aliphatic heterocycles. The van der Waals surface area contributed by atoms with E-state index in [0.29, 0.717) is 0 Å². The molecule has 0 amide bonds. The van der Waals surface area contributed by atoms with Crippen LogP contribution in [-0.4, -0.2) is 11.0 Å². The predicted octanol–water partition coefficient (Wildman–Crippen LogP) is 2.40. The van der Waals surface area contributed by atoms with Crippen LogP contribution in [0.3, 0.4) is 0 Å². The number of halogens is 3. The van der Waals surface area contributed by atoms with Gasteiger partial charge >= 0.3 is 0 Å². The molecule has 0 spiro atoms. The van der Waals surface area contributed by atoms with Gasteiger partial charge in [-0.05, 0) is 11.0 Å². The lowest BCUT2D eigenvalue weighted by atomic mass is 10.2. The van der Waals surface area contributed by atoms with Gasteiger partial charge in [-0.2, -0.15) is 0 Å². The van der Waals surface area contributed by atoms with Gasteiger partial charge in [0.1, 0.15) is 0 Å². The highest BCUT2D eigenvalue weighted by Gasteiger charge is 1.75. The van der Waals surface area contributed by atoms with E-state index >= 15 is 0 Å². The fourth-order valence-electron chi connectivity index (χ4n) is 0.500. The van der Waals surface area contributed by atoms with Crippen molar-refractivity contribution in [1.29, 1.82) is 0 Å². The number of unbranched alkanes of at least 4 members (excludes halogenated alkanes) is 3. The van der Waals surface area contributed by atoms with Crippen LogP contribution in [0.1, 0.15) is 39.5 Å². The van der Waals surface area contributed by atoms with Crippen molar-refractivity contribution in [3.63, 3.8) is 0 Å². The van der Waals surface area contributed by atoms with Crippen LogP contribution in [0.5, 0.6) is 0 Å². The molecule has 70 valence electrons. The van der Waals surface area contributed by atoms with Crippen LogP contribution >= 0.6 is 37.2 Å². The molecule has 0 atom stereocenters. The molecule has 0 aromatic heterocycles. The molecule has 0 saturated carbocycles. The van der Waals surface area contributed by atoms with Crippen LogP contribution < -0.4 is 0 Å². The van der Waals surface area contributed by atoms with Crippen molar-refractivity contribution in [1.82, 2.24) is 0 Å². The summed E-state index contributed by atoms with van der Waals surface area (Å²) in [6.45, 7) is 4.46. The molecular formula is C6H21Cl3Si. The van der Waals surface area contributed by atoms with Gasteiger partial charge in [-0.1, -0.05) is 39.5 Å². The Kier molecular flexibility index (Phi) is 98.0. The Bertz CT molecular complexity index is 25.0. The molecule has 0 rings (SSSR count). The first-order chi connectivity index (χ1) is 2.91. The van der Waals surface area contributed by atoms with Gasteiger partial charge in [-0.25, -0.2) is 0 Å². The molecule has 0 fully saturated rings. The number of rotatable bonds is 3. The lowest BCUT2D eigenvalue weighted by Gasteiger charge is -1.86. The molecular weight excluding hydrogens is 207 g/mol. The van der Waals surface area contributed by atoms with E-state index in [4.69, 9.17) is 0 Å². The second-order valence-electron chi connectivity index (χ2n) is 1.71. The third kappa shape index (κ3) is 35.6. The molecule has 4 heteroatoms. The van der Waals surface area contributed by atoms with Crippen LogP contribution in [0.25, 0.3) is 0 Å². The molecule has 0 aromatic carbocycles. The van der Waals surface area contributed by atoms with E-state index in [0.717, 1.165) is 0 Å². The molecule has 0 unspecified atom stereocenters. The van der Waals surface area contributed by atoms with Crippen LogP contribution in [0.4, 0.5) is 0 Å². The maximum Gasteiger partial charge on any atom is -0.0149 e. The van der Waals surface area contributed by atoms with E-state index in [9.17, 15) is 0 Å². The quantitative estimate of drug-likeness (QED) is 0.513. The van der Waals surface area contributed by atoms with Crippen molar-refractivity contribution < 1.29 is 0 Å². The molecule has 0 radical (unpaired) electrons. The van der Waals surface area contributed by atoms with E-state index in [1.165, 1.54) is 25.7 Å². The fourth-order valence-corrected chi connectivity index (χ4v) is 0.500. The molecule has 0 saturated heterocycles. The summed E-state index contributed by atoms with van der Waals surface area (Å²) in [5.41, 5.74) is 0. The Morgan fingerprint density at radius 3 is 1.00 bits per heavy atom. The second-order valence-corrected chi connectivity index (χ2v) is 1.71. The van der Waals surface area contributed by atoms with E-state index in [1.807, 2.05) is 0 Å². The van der Waals surface area contributed by atoms with Gasteiger partial charge in [0.2, 0.25) is 0 Å². The van der Waals surface area contributed by atoms with Gasteiger partial charge in [0.25, 0.3) is 0 Å². The average Bonchev–Trinajstić information content (AvgIpc) is 1.61. The summed E-state index contributed by atoms with van der Waals surface area (Å²) in [4.78, 5) is 0. The highest BCUT2D eigenvalue weighted by Crippen LogP contribution is 1.95. The van der Waals surface area contributed by atoms with Gasteiger partial charge in [-0.15, -0.1) is 37.2 Å². The third-order valence-electron chi connectivity index (χ3n) is 0.957. The average molecular weight is 228 g/mol. The van der Waals surface area contributed by atoms with Gasteiger partial charge in [0, 0.05) is 0 Å². The molecule has 10 heavy (non-hydrogen) atoms. The van der Waals surface area contributed by atoms with E-state index in [-0.39, 0.29) is 48.2 Å². The maximum atomic E-state index is 2.23. The zero-order valence-corrected chi connectivity index (χ0v) is 8.50. The number of hydrogen-bond acceptors (Lipinski definition) is 0. The summed E-state index contributed by atoms with van der Waals surface area (Å²) in [5.74, 6) is 0. The van der Waals surface area contributed by atoms with Crippen molar-refractivity contribution in [2.75, 3.05) is 0 Å². The summed E-state index contributed by atoms with van der Waals surface area (Å²) < 4.78 is 0.